The maximum atomic E-state index is 13.2. The molecule has 1 atom stereocenters. The van der Waals surface area contributed by atoms with Crippen LogP contribution in [0.15, 0.2) is 42.5 Å². The predicted molar refractivity (Wildman–Crippen MR) is 59.8 cm³/mol. The molecule has 1 aliphatic carbocycles. The van der Waals surface area contributed by atoms with Gasteiger partial charge in [-0.15, -0.1) is 13.2 Å². The highest BCUT2D eigenvalue weighted by Crippen LogP contribution is 2.34. The van der Waals surface area contributed by atoms with Crippen LogP contribution in [0.4, 0.5) is 17.6 Å². The van der Waals surface area contributed by atoms with Gasteiger partial charge in [0.15, 0.2) is 0 Å². The van der Waals surface area contributed by atoms with E-state index in [1.54, 1.807) is 12.1 Å². The number of ether oxygens (including phenoxy) is 1. The molecular formula is C13H10F4O. The van der Waals surface area contributed by atoms with Crippen molar-refractivity contribution in [2.45, 2.75) is 19.0 Å². The van der Waals surface area contributed by atoms with E-state index in [2.05, 4.69) is 4.74 Å². The Hall–Kier alpha value is -1.78. The minimum Gasteiger partial charge on any atom is -0.405 e. The highest BCUT2D eigenvalue weighted by molar-refractivity contribution is 5.73. The van der Waals surface area contributed by atoms with Crippen LogP contribution in [0, 0.1) is 0 Å². The lowest BCUT2D eigenvalue weighted by atomic mass is 9.96. The molecule has 0 saturated heterocycles. The summed E-state index contributed by atoms with van der Waals surface area (Å²) in [6.07, 6.45) is -1.44. The molecule has 1 aromatic rings. The van der Waals surface area contributed by atoms with Gasteiger partial charge in [0, 0.05) is 12.0 Å². The van der Waals surface area contributed by atoms with Crippen LogP contribution in [-0.2, 0) is 0 Å². The largest absolute Gasteiger partial charge is 0.573 e. The van der Waals surface area contributed by atoms with Crippen LogP contribution < -0.4 is 4.74 Å². The maximum absolute atomic E-state index is 13.2. The summed E-state index contributed by atoms with van der Waals surface area (Å²) < 4.78 is 53.8. The van der Waals surface area contributed by atoms with Crippen LogP contribution in [-0.4, -0.2) is 12.5 Å². The van der Waals surface area contributed by atoms with E-state index in [1.807, 2.05) is 0 Å². The molecule has 0 amide bonds. The number of halogens is 4. The summed E-state index contributed by atoms with van der Waals surface area (Å²) >= 11 is 0. The summed E-state index contributed by atoms with van der Waals surface area (Å²) in [4.78, 5) is 0. The van der Waals surface area contributed by atoms with Gasteiger partial charge in [-0.05, 0) is 11.6 Å². The van der Waals surface area contributed by atoms with Gasteiger partial charge in [0.25, 0.3) is 0 Å². The highest BCUT2D eigenvalue weighted by atomic mass is 19.4. The zero-order valence-electron chi connectivity index (χ0n) is 9.25. The van der Waals surface area contributed by atoms with E-state index in [1.165, 1.54) is 30.4 Å². The molecule has 1 aromatic carbocycles. The van der Waals surface area contributed by atoms with Crippen molar-refractivity contribution in [3.05, 3.63) is 48.1 Å². The Bertz CT molecular complexity index is 488. The topological polar surface area (TPSA) is 9.23 Å². The smallest absolute Gasteiger partial charge is 0.405 e. The minimum atomic E-state index is -4.75. The molecule has 18 heavy (non-hydrogen) atoms. The molecule has 0 aromatic heterocycles. The number of allylic oxidation sites excluding steroid dienone is 4. The van der Waals surface area contributed by atoms with Gasteiger partial charge in [0.05, 0.1) is 0 Å². The quantitative estimate of drug-likeness (QED) is 0.720. The van der Waals surface area contributed by atoms with Gasteiger partial charge in [-0.2, -0.15) is 0 Å². The lowest BCUT2D eigenvalue weighted by Crippen LogP contribution is -2.18. The molecule has 96 valence electrons. The number of hydrogen-bond donors (Lipinski definition) is 0. The zero-order valence-corrected chi connectivity index (χ0v) is 9.25. The fourth-order valence-corrected chi connectivity index (χ4v) is 1.78. The van der Waals surface area contributed by atoms with E-state index in [4.69, 9.17) is 0 Å². The molecule has 1 unspecified atom stereocenters. The predicted octanol–water partition coefficient (Wildman–Crippen LogP) is 4.27. The van der Waals surface area contributed by atoms with Crippen molar-refractivity contribution in [3.8, 4) is 5.75 Å². The Balaban J connectivity index is 2.33. The molecule has 1 nitrogen and oxygen atoms in total. The number of hydrogen-bond acceptors (Lipinski definition) is 1. The molecule has 0 radical (unpaired) electrons. The van der Waals surface area contributed by atoms with Crippen molar-refractivity contribution in [2.75, 3.05) is 0 Å². The van der Waals surface area contributed by atoms with Crippen LogP contribution in [0.25, 0.3) is 5.57 Å². The average Bonchev–Trinajstić information content (AvgIpc) is 2.27. The van der Waals surface area contributed by atoms with Gasteiger partial charge < -0.3 is 4.74 Å². The third-order valence-electron chi connectivity index (χ3n) is 2.49. The van der Waals surface area contributed by atoms with E-state index in [9.17, 15) is 17.6 Å². The second kappa shape index (κ2) is 4.84. The van der Waals surface area contributed by atoms with Crippen LogP contribution in [0.1, 0.15) is 12.0 Å². The van der Waals surface area contributed by atoms with Gasteiger partial charge in [0.1, 0.15) is 11.9 Å². The number of rotatable bonds is 2. The normalized spacial score (nSPS) is 19.6. The SMILES string of the molecule is FC1C=CC=C(c2ccccc2OC(F)(F)F)C1. The molecule has 0 aliphatic heterocycles. The molecule has 0 bridgehead atoms. The van der Waals surface area contributed by atoms with E-state index in [0.29, 0.717) is 5.57 Å². The summed E-state index contributed by atoms with van der Waals surface area (Å²) in [6.45, 7) is 0. The second-order valence-electron chi connectivity index (χ2n) is 3.84. The summed E-state index contributed by atoms with van der Waals surface area (Å²) in [6, 6.07) is 5.73. The zero-order chi connectivity index (χ0) is 13.2. The fraction of sp³-hybridized carbons (Fsp3) is 0.231. The van der Waals surface area contributed by atoms with E-state index in [-0.39, 0.29) is 17.7 Å². The van der Waals surface area contributed by atoms with E-state index in [0.717, 1.165) is 0 Å². The van der Waals surface area contributed by atoms with Crippen molar-refractivity contribution in [1.29, 1.82) is 0 Å². The van der Waals surface area contributed by atoms with Gasteiger partial charge >= 0.3 is 6.36 Å². The summed E-state index contributed by atoms with van der Waals surface area (Å²) in [5, 5.41) is 0. The molecule has 0 N–H and O–H groups in total. The van der Waals surface area contributed by atoms with Crippen LogP contribution in [0.3, 0.4) is 0 Å². The Morgan fingerprint density at radius 2 is 1.89 bits per heavy atom. The average molecular weight is 258 g/mol. The van der Waals surface area contributed by atoms with Crippen LogP contribution in [0.5, 0.6) is 5.75 Å². The molecule has 2 rings (SSSR count). The van der Waals surface area contributed by atoms with Crippen molar-refractivity contribution in [1.82, 2.24) is 0 Å². The molecule has 0 saturated carbocycles. The Labute approximate surface area is 101 Å². The molecular weight excluding hydrogens is 248 g/mol. The summed E-state index contributed by atoms with van der Waals surface area (Å²) in [5.74, 6) is -0.307. The molecule has 0 heterocycles. The summed E-state index contributed by atoms with van der Waals surface area (Å²) in [7, 11) is 0. The first-order valence-electron chi connectivity index (χ1n) is 5.32. The lowest BCUT2D eigenvalue weighted by Gasteiger charge is -2.17. The van der Waals surface area contributed by atoms with E-state index >= 15 is 0 Å². The monoisotopic (exact) mass is 258 g/mol. The Kier molecular flexibility index (Phi) is 3.41. The number of alkyl halides is 4. The second-order valence-corrected chi connectivity index (χ2v) is 3.84. The maximum Gasteiger partial charge on any atom is 0.573 e. The van der Waals surface area contributed by atoms with Crippen LogP contribution in [0.2, 0.25) is 0 Å². The molecule has 1 aliphatic rings. The fourth-order valence-electron chi connectivity index (χ4n) is 1.78. The van der Waals surface area contributed by atoms with E-state index < -0.39 is 12.5 Å². The summed E-state index contributed by atoms with van der Waals surface area (Å²) in [5.41, 5.74) is 0.756. The molecule has 0 fully saturated rings. The first-order chi connectivity index (χ1) is 8.46. The lowest BCUT2D eigenvalue weighted by molar-refractivity contribution is -0.274. The molecule has 5 heteroatoms. The molecule has 0 spiro atoms. The Morgan fingerprint density at radius 1 is 1.17 bits per heavy atom. The minimum absolute atomic E-state index is 0.0503. The van der Waals surface area contributed by atoms with Gasteiger partial charge in [-0.25, -0.2) is 4.39 Å². The Morgan fingerprint density at radius 3 is 2.56 bits per heavy atom. The van der Waals surface area contributed by atoms with Crippen molar-refractivity contribution >= 4 is 5.57 Å². The third-order valence-corrected chi connectivity index (χ3v) is 2.49. The number of para-hydroxylation sites is 1. The highest BCUT2D eigenvalue weighted by Gasteiger charge is 2.32. The van der Waals surface area contributed by atoms with Gasteiger partial charge in [-0.3, -0.25) is 0 Å². The van der Waals surface area contributed by atoms with Crippen LogP contribution >= 0.6 is 0 Å². The van der Waals surface area contributed by atoms with Gasteiger partial charge in [-0.1, -0.05) is 36.4 Å². The van der Waals surface area contributed by atoms with Crippen molar-refractivity contribution in [3.63, 3.8) is 0 Å². The van der Waals surface area contributed by atoms with Crippen molar-refractivity contribution < 1.29 is 22.3 Å². The van der Waals surface area contributed by atoms with Gasteiger partial charge in [0.2, 0.25) is 0 Å². The first-order valence-corrected chi connectivity index (χ1v) is 5.32. The first kappa shape index (κ1) is 12.7. The standard InChI is InChI=1S/C13H10F4O/c14-10-5-3-4-9(8-10)11-6-1-2-7-12(11)18-13(15,16)17/h1-7,10H,8H2. The number of benzene rings is 1. The third kappa shape index (κ3) is 3.12. The van der Waals surface area contributed by atoms with Crippen molar-refractivity contribution in [2.24, 2.45) is 0 Å².